The first-order chi connectivity index (χ1) is 4.74. The third-order valence-electron chi connectivity index (χ3n) is 1.07. The molecule has 1 heterocycles. The zero-order valence-electron chi connectivity index (χ0n) is 5.53. The second kappa shape index (κ2) is 2.82. The maximum absolute atomic E-state index is 9.05. The average molecular weight is 153 g/mol. The molecule has 0 saturated heterocycles. The summed E-state index contributed by atoms with van der Waals surface area (Å²) >= 11 is 1.48. The normalized spacial score (nSPS) is 12.5. The van der Waals surface area contributed by atoms with Crippen LogP contribution in [0.15, 0.2) is 5.38 Å². The number of aryl methyl sites for hydroxylation is 1. The van der Waals surface area contributed by atoms with Crippen molar-refractivity contribution in [1.82, 2.24) is 4.98 Å². The van der Waals surface area contributed by atoms with E-state index in [-0.39, 0.29) is 0 Å². The summed E-state index contributed by atoms with van der Waals surface area (Å²) in [5, 5.41) is 11.7. The molecule has 0 saturated carbocycles. The maximum Gasteiger partial charge on any atom is 0.157 e. The van der Waals surface area contributed by atoms with Crippen LogP contribution in [0.5, 0.6) is 0 Å². The van der Waals surface area contributed by atoms with E-state index in [2.05, 4.69) is 10.9 Å². The maximum atomic E-state index is 9.05. The van der Waals surface area contributed by atoms with Crippen molar-refractivity contribution in [3.05, 3.63) is 16.1 Å². The second-order valence-electron chi connectivity index (χ2n) is 1.86. The summed E-state index contributed by atoms with van der Waals surface area (Å²) in [6, 6.07) is 0. The molecule has 0 aliphatic rings. The monoisotopic (exact) mass is 153 g/mol. The molecule has 0 aromatic carbocycles. The van der Waals surface area contributed by atoms with Gasteiger partial charge in [-0.25, -0.2) is 4.98 Å². The lowest BCUT2D eigenvalue weighted by atomic mass is 10.3. The minimum Gasteiger partial charge on any atom is -0.374 e. The summed E-state index contributed by atoms with van der Waals surface area (Å²) < 4.78 is 0. The van der Waals surface area contributed by atoms with E-state index in [4.69, 9.17) is 11.5 Å². The van der Waals surface area contributed by atoms with Gasteiger partial charge in [-0.3, -0.25) is 0 Å². The van der Waals surface area contributed by atoms with E-state index in [0.29, 0.717) is 5.69 Å². The van der Waals surface area contributed by atoms with E-state index in [0.717, 1.165) is 5.01 Å². The number of terminal acetylenes is 1. The third kappa shape index (κ3) is 1.35. The number of thiazole rings is 1. The molecule has 2 nitrogen and oxygen atoms in total. The van der Waals surface area contributed by atoms with Crippen molar-refractivity contribution in [2.75, 3.05) is 0 Å². The van der Waals surface area contributed by atoms with Crippen molar-refractivity contribution >= 4 is 11.3 Å². The van der Waals surface area contributed by atoms with Crippen LogP contribution in [0.3, 0.4) is 0 Å². The highest BCUT2D eigenvalue weighted by Gasteiger charge is 2.05. The molecule has 52 valence electrons. The van der Waals surface area contributed by atoms with Gasteiger partial charge in [0.2, 0.25) is 0 Å². The third-order valence-corrected chi connectivity index (χ3v) is 1.87. The van der Waals surface area contributed by atoms with Crippen molar-refractivity contribution in [1.29, 1.82) is 0 Å². The molecule has 0 bridgehead atoms. The second-order valence-corrected chi connectivity index (χ2v) is 2.92. The Labute approximate surface area is 63.5 Å². The highest BCUT2D eigenvalue weighted by Crippen LogP contribution is 2.14. The fourth-order valence-electron chi connectivity index (χ4n) is 0.591. The van der Waals surface area contributed by atoms with Gasteiger partial charge in [-0.15, -0.1) is 17.8 Å². The lowest BCUT2D eigenvalue weighted by molar-refractivity contribution is 0.234. The van der Waals surface area contributed by atoms with Crippen LogP contribution in [0.25, 0.3) is 0 Å². The Kier molecular flexibility index (Phi) is 2.05. The van der Waals surface area contributed by atoms with Gasteiger partial charge in [0.1, 0.15) is 0 Å². The largest absolute Gasteiger partial charge is 0.374 e. The van der Waals surface area contributed by atoms with E-state index < -0.39 is 6.10 Å². The quantitative estimate of drug-likeness (QED) is 0.613. The van der Waals surface area contributed by atoms with Gasteiger partial charge in [0, 0.05) is 5.38 Å². The number of aromatic nitrogens is 1. The van der Waals surface area contributed by atoms with Crippen LogP contribution in [-0.4, -0.2) is 10.1 Å². The summed E-state index contributed by atoms with van der Waals surface area (Å²) in [6.07, 6.45) is 4.14. The van der Waals surface area contributed by atoms with E-state index >= 15 is 0 Å². The predicted molar refractivity (Wildman–Crippen MR) is 40.6 cm³/mol. The summed E-state index contributed by atoms with van der Waals surface area (Å²) in [5.41, 5.74) is 0.574. The van der Waals surface area contributed by atoms with Crippen LogP contribution in [0.4, 0.5) is 0 Å². The van der Waals surface area contributed by atoms with Crippen LogP contribution >= 0.6 is 11.3 Å². The molecule has 1 atom stereocenters. The van der Waals surface area contributed by atoms with Gasteiger partial charge in [-0.05, 0) is 6.92 Å². The lowest BCUT2D eigenvalue weighted by Gasteiger charge is -1.94. The molecule has 3 heteroatoms. The van der Waals surface area contributed by atoms with Gasteiger partial charge in [0.25, 0.3) is 0 Å². The van der Waals surface area contributed by atoms with Crippen LogP contribution in [0, 0.1) is 19.3 Å². The van der Waals surface area contributed by atoms with Crippen molar-refractivity contribution in [2.24, 2.45) is 0 Å². The number of aliphatic hydroxyl groups is 1. The highest BCUT2D eigenvalue weighted by molar-refractivity contribution is 7.09. The molecule has 10 heavy (non-hydrogen) atoms. The Morgan fingerprint density at radius 1 is 1.90 bits per heavy atom. The predicted octanol–water partition coefficient (Wildman–Crippen LogP) is 1.12. The van der Waals surface area contributed by atoms with Crippen molar-refractivity contribution in [2.45, 2.75) is 13.0 Å². The molecule has 1 N–H and O–H groups in total. The Morgan fingerprint density at radius 3 is 3.00 bits per heavy atom. The fraction of sp³-hybridized carbons (Fsp3) is 0.286. The molecule has 0 spiro atoms. The lowest BCUT2D eigenvalue weighted by Crippen LogP contribution is -1.92. The number of nitrogens with zero attached hydrogens (tertiary/aromatic N) is 1. The zero-order chi connectivity index (χ0) is 7.56. The molecule has 0 amide bonds. The first-order valence-corrected chi connectivity index (χ1v) is 3.68. The Balaban J connectivity index is 2.87. The number of hydrogen-bond acceptors (Lipinski definition) is 3. The first-order valence-electron chi connectivity index (χ1n) is 2.80. The topological polar surface area (TPSA) is 33.1 Å². The minimum atomic E-state index is -0.843. The average Bonchev–Trinajstić information content (AvgIpc) is 2.34. The van der Waals surface area contributed by atoms with Crippen LogP contribution in [-0.2, 0) is 0 Å². The molecule has 1 aromatic rings. The smallest absolute Gasteiger partial charge is 0.157 e. The fourth-order valence-corrected chi connectivity index (χ4v) is 1.22. The van der Waals surface area contributed by atoms with Crippen molar-refractivity contribution < 1.29 is 5.11 Å². The van der Waals surface area contributed by atoms with Gasteiger partial charge in [0.15, 0.2) is 6.10 Å². The summed E-state index contributed by atoms with van der Waals surface area (Å²) in [6.45, 7) is 1.87. The van der Waals surface area contributed by atoms with E-state index in [1.165, 1.54) is 11.3 Å². The molecular formula is C7H7NOS. The number of hydrogen-bond donors (Lipinski definition) is 1. The zero-order valence-corrected chi connectivity index (χ0v) is 6.35. The van der Waals surface area contributed by atoms with Gasteiger partial charge < -0.3 is 5.11 Å². The Morgan fingerprint density at radius 2 is 2.60 bits per heavy atom. The highest BCUT2D eigenvalue weighted by atomic mass is 32.1. The van der Waals surface area contributed by atoms with Gasteiger partial charge in [-0.1, -0.05) is 5.92 Å². The van der Waals surface area contributed by atoms with Gasteiger partial charge >= 0.3 is 0 Å². The number of rotatable bonds is 1. The summed E-state index contributed by atoms with van der Waals surface area (Å²) in [4.78, 5) is 4.01. The molecule has 1 rings (SSSR count). The Hall–Kier alpha value is -0.850. The van der Waals surface area contributed by atoms with Crippen LogP contribution in [0.2, 0.25) is 0 Å². The molecule has 1 aromatic heterocycles. The summed E-state index contributed by atoms with van der Waals surface area (Å²) in [7, 11) is 0. The van der Waals surface area contributed by atoms with Gasteiger partial charge in [0.05, 0.1) is 10.7 Å². The van der Waals surface area contributed by atoms with Crippen molar-refractivity contribution in [3.8, 4) is 12.3 Å². The summed E-state index contributed by atoms with van der Waals surface area (Å²) in [5.74, 6) is 2.19. The SMILES string of the molecule is C#CC(O)c1csc(C)n1. The van der Waals surface area contributed by atoms with Gasteiger partial charge in [-0.2, -0.15) is 0 Å². The number of aliphatic hydroxyl groups excluding tert-OH is 1. The first kappa shape index (κ1) is 7.26. The molecule has 0 aliphatic heterocycles. The molecule has 0 aliphatic carbocycles. The minimum absolute atomic E-state index is 0.574. The van der Waals surface area contributed by atoms with E-state index in [9.17, 15) is 0 Å². The molecular weight excluding hydrogens is 146 g/mol. The van der Waals surface area contributed by atoms with E-state index in [1.807, 2.05) is 6.92 Å². The molecule has 0 radical (unpaired) electrons. The molecule has 1 unspecified atom stereocenters. The Bertz CT molecular complexity index is 261. The molecule has 0 fully saturated rings. The van der Waals surface area contributed by atoms with Crippen molar-refractivity contribution in [3.63, 3.8) is 0 Å². The van der Waals surface area contributed by atoms with Crippen LogP contribution in [0.1, 0.15) is 16.8 Å². The van der Waals surface area contributed by atoms with Crippen LogP contribution < -0.4 is 0 Å². The standard InChI is InChI=1S/C7H7NOS/c1-3-7(9)6-4-10-5(2)8-6/h1,4,7,9H,2H3. The van der Waals surface area contributed by atoms with E-state index in [1.54, 1.807) is 5.38 Å².